The van der Waals surface area contributed by atoms with Gasteiger partial charge in [-0.15, -0.1) is 0 Å². The molecule has 3 nitrogen and oxygen atoms in total. The lowest BCUT2D eigenvalue weighted by atomic mass is 10.0. The fraction of sp³-hybridized carbons (Fsp3) is 0.611. The second-order valence-corrected chi connectivity index (χ2v) is 6.15. The molecule has 0 bridgehead atoms. The van der Waals surface area contributed by atoms with E-state index in [9.17, 15) is 4.79 Å². The van der Waals surface area contributed by atoms with Gasteiger partial charge in [-0.05, 0) is 63.5 Å². The fourth-order valence-corrected chi connectivity index (χ4v) is 3.03. The SMILES string of the molecule is Cc1ccccc1CCCCNC(=O)N1CCCC[C@@H]1C. The molecule has 21 heavy (non-hydrogen) atoms. The maximum Gasteiger partial charge on any atom is 0.317 e. The number of benzene rings is 1. The van der Waals surface area contributed by atoms with Crippen LogP contribution in [0.3, 0.4) is 0 Å². The molecule has 0 aromatic heterocycles. The van der Waals surface area contributed by atoms with Crippen molar-refractivity contribution in [2.75, 3.05) is 13.1 Å². The van der Waals surface area contributed by atoms with Crippen molar-refractivity contribution in [2.45, 2.75) is 58.4 Å². The van der Waals surface area contributed by atoms with Gasteiger partial charge in [-0.1, -0.05) is 24.3 Å². The Kier molecular flexibility index (Phi) is 6.09. The van der Waals surface area contributed by atoms with Crippen molar-refractivity contribution >= 4 is 6.03 Å². The van der Waals surface area contributed by atoms with Crippen LogP contribution in [0.5, 0.6) is 0 Å². The zero-order valence-corrected chi connectivity index (χ0v) is 13.4. The summed E-state index contributed by atoms with van der Waals surface area (Å²) in [5.74, 6) is 0. The van der Waals surface area contributed by atoms with Gasteiger partial charge in [0.05, 0.1) is 0 Å². The van der Waals surface area contributed by atoms with Gasteiger partial charge in [-0.3, -0.25) is 0 Å². The molecule has 2 amide bonds. The van der Waals surface area contributed by atoms with Gasteiger partial charge in [0.25, 0.3) is 0 Å². The number of piperidine rings is 1. The van der Waals surface area contributed by atoms with Crippen molar-refractivity contribution < 1.29 is 4.79 Å². The van der Waals surface area contributed by atoms with Gasteiger partial charge >= 0.3 is 6.03 Å². The van der Waals surface area contributed by atoms with Crippen LogP contribution in [-0.4, -0.2) is 30.1 Å². The standard InChI is InChI=1S/C18H28N2O/c1-15-9-3-4-11-17(15)12-5-7-13-19-18(21)20-14-8-6-10-16(20)2/h3-4,9,11,16H,5-8,10,12-14H2,1-2H3,(H,19,21)/t16-/m0/s1. The summed E-state index contributed by atoms with van der Waals surface area (Å²) in [6.07, 6.45) is 6.80. The molecule has 1 aliphatic rings. The number of carbonyl (C=O) groups excluding carboxylic acids is 1. The van der Waals surface area contributed by atoms with E-state index in [4.69, 9.17) is 0 Å². The Labute approximate surface area is 128 Å². The minimum Gasteiger partial charge on any atom is -0.338 e. The number of hydrogen-bond donors (Lipinski definition) is 1. The number of nitrogens with zero attached hydrogens (tertiary/aromatic N) is 1. The van der Waals surface area contributed by atoms with Crippen LogP contribution < -0.4 is 5.32 Å². The van der Waals surface area contributed by atoms with Gasteiger partial charge in [0, 0.05) is 19.1 Å². The summed E-state index contributed by atoms with van der Waals surface area (Å²) >= 11 is 0. The van der Waals surface area contributed by atoms with Gasteiger partial charge in [-0.2, -0.15) is 0 Å². The van der Waals surface area contributed by atoms with E-state index in [1.807, 2.05) is 4.90 Å². The third kappa shape index (κ3) is 4.76. The highest BCUT2D eigenvalue weighted by atomic mass is 16.2. The van der Waals surface area contributed by atoms with E-state index in [0.29, 0.717) is 6.04 Å². The normalized spacial score (nSPS) is 18.6. The quantitative estimate of drug-likeness (QED) is 0.819. The van der Waals surface area contributed by atoms with Crippen LogP contribution in [0.2, 0.25) is 0 Å². The molecule has 0 aliphatic carbocycles. The molecule has 116 valence electrons. The number of hydrogen-bond acceptors (Lipinski definition) is 1. The average Bonchev–Trinajstić information content (AvgIpc) is 2.49. The maximum atomic E-state index is 12.1. The molecule has 1 aromatic carbocycles. The highest BCUT2D eigenvalue weighted by Crippen LogP contribution is 2.16. The van der Waals surface area contributed by atoms with Crippen LogP contribution >= 0.6 is 0 Å². The Balaban J connectivity index is 1.63. The van der Waals surface area contributed by atoms with Crippen LogP contribution in [0, 0.1) is 6.92 Å². The molecule has 1 saturated heterocycles. The van der Waals surface area contributed by atoms with Gasteiger partial charge in [-0.25, -0.2) is 4.79 Å². The number of amides is 2. The lowest BCUT2D eigenvalue weighted by Gasteiger charge is -2.33. The van der Waals surface area contributed by atoms with E-state index >= 15 is 0 Å². The molecule has 0 spiro atoms. The number of aryl methyl sites for hydroxylation is 2. The summed E-state index contributed by atoms with van der Waals surface area (Å²) in [4.78, 5) is 14.1. The van der Waals surface area contributed by atoms with Crippen molar-refractivity contribution in [3.63, 3.8) is 0 Å². The number of nitrogens with one attached hydrogen (secondary N) is 1. The Bertz CT molecular complexity index is 458. The monoisotopic (exact) mass is 288 g/mol. The summed E-state index contributed by atoms with van der Waals surface area (Å²) in [5.41, 5.74) is 2.79. The summed E-state index contributed by atoms with van der Waals surface area (Å²) in [7, 11) is 0. The Morgan fingerprint density at radius 2 is 2.10 bits per heavy atom. The lowest BCUT2D eigenvalue weighted by molar-refractivity contribution is 0.158. The van der Waals surface area contributed by atoms with Crippen LogP contribution in [-0.2, 0) is 6.42 Å². The summed E-state index contributed by atoms with van der Waals surface area (Å²) in [6.45, 7) is 6.01. The highest BCUT2D eigenvalue weighted by molar-refractivity contribution is 5.74. The fourth-order valence-electron chi connectivity index (χ4n) is 3.03. The van der Waals surface area contributed by atoms with E-state index in [0.717, 1.165) is 45.2 Å². The van der Waals surface area contributed by atoms with Crippen molar-refractivity contribution in [2.24, 2.45) is 0 Å². The van der Waals surface area contributed by atoms with E-state index in [-0.39, 0.29) is 6.03 Å². The van der Waals surface area contributed by atoms with E-state index in [2.05, 4.69) is 43.4 Å². The summed E-state index contributed by atoms with van der Waals surface area (Å²) in [6, 6.07) is 9.06. The molecule has 3 heteroatoms. The minimum absolute atomic E-state index is 0.123. The molecule has 0 saturated carbocycles. The molecule has 1 fully saturated rings. The van der Waals surface area contributed by atoms with E-state index in [1.54, 1.807) is 0 Å². The Morgan fingerprint density at radius 1 is 1.29 bits per heavy atom. The Hall–Kier alpha value is -1.51. The molecular formula is C18H28N2O. The van der Waals surface area contributed by atoms with Crippen LogP contribution in [0.1, 0.15) is 50.2 Å². The second-order valence-electron chi connectivity index (χ2n) is 6.15. The predicted octanol–water partition coefficient (Wildman–Crippen LogP) is 3.90. The predicted molar refractivity (Wildman–Crippen MR) is 87.5 cm³/mol. The zero-order valence-electron chi connectivity index (χ0n) is 13.4. The first-order valence-electron chi connectivity index (χ1n) is 8.27. The number of unbranched alkanes of at least 4 members (excludes halogenated alkanes) is 1. The topological polar surface area (TPSA) is 32.3 Å². The molecule has 1 N–H and O–H groups in total. The van der Waals surface area contributed by atoms with Gasteiger partial charge < -0.3 is 10.2 Å². The number of rotatable bonds is 5. The summed E-state index contributed by atoms with van der Waals surface area (Å²) < 4.78 is 0. The number of likely N-dealkylation sites (tertiary alicyclic amines) is 1. The number of carbonyl (C=O) groups is 1. The first-order chi connectivity index (χ1) is 10.2. The van der Waals surface area contributed by atoms with Crippen LogP contribution in [0.15, 0.2) is 24.3 Å². The molecule has 2 rings (SSSR count). The highest BCUT2D eigenvalue weighted by Gasteiger charge is 2.22. The van der Waals surface area contributed by atoms with Gasteiger partial charge in [0.2, 0.25) is 0 Å². The largest absolute Gasteiger partial charge is 0.338 e. The maximum absolute atomic E-state index is 12.1. The number of urea groups is 1. The lowest BCUT2D eigenvalue weighted by Crippen LogP contribution is -2.47. The van der Waals surface area contributed by atoms with Crippen LogP contribution in [0.4, 0.5) is 4.79 Å². The molecule has 1 atom stereocenters. The first-order valence-corrected chi connectivity index (χ1v) is 8.27. The molecule has 0 radical (unpaired) electrons. The van der Waals surface area contributed by atoms with Crippen molar-refractivity contribution in [1.29, 1.82) is 0 Å². The smallest absolute Gasteiger partial charge is 0.317 e. The van der Waals surface area contributed by atoms with Crippen molar-refractivity contribution in [1.82, 2.24) is 10.2 Å². The van der Waals surface area contributed by atoms with Crippen molar-refractivity contribution in [3.05, 3.63) is 35.4 Å². The second kappa shape index (κ2) is 8.06. The van der Waals surface area contributed by atoms with Gasteiger partial charge in [0.1, 0.15) is 0 Å². The average molecular weight is 288 g/mol. The van der Waals surface area contributed by atoms with E-state index < -0.39 is 0 Å². The molecule has 1 aliphatic heterocycles. The van der Waals surface area contributed by atoms with Gasteiger partial charge in [0.15, 0.2) is 0 Å². The third-order valence-electron chi connectivity index (χ3n) is 4.47. The molecule has 1 heterocycles. The Morgan fingerprint density at radius 3 is 2.86 bits per heavy atom. The third-order valence-corrected chi connectivity index (χ3v) is 4.47. The first kappa shape index (κ1) is 15.9. The molecule has 1 aromatic rings. The van der Waals surface area contributed by atoms with Crippen LogP contribution in [0.25, 0.3) is 0 Å². The minimum atomic E-state index is 0.123. The molecular weight excluding hydrogens is 260 g/mol. The molecule has 0 unspecified atom stereocenters. The van der Waals surface area contributed by atoms with E-state index in [1.165, 1.54) is 17.5 Å². The summed E-state index contributed by atoms with van der Waals surface area (Å²) in [5, 5.41) is 3.07. The van der Waals surface area contributed by atoms with Crippen molar-refractivity contribution in [3.8, 4) is 0 Å². The zero-order chi connectivity index (χ0) is 15.1.